The van der Waals surface area contributed by atoms with Crippen LogP contribution in [-0.4, -0.2) is 60.0 Å². The standard InChI is InChI=1S/C17H21F3N2O4S/c1-2-26-16(25)10-22(11-17(18,19)20)15(24)4-3-14(23)21-7-5-13-12(9-21)6-8-27-13/h6,8H,2-5,7,9-11H2,1H3. The van der Waals surface area contributed by atoms with Gasteiger partial charge in [0, 0.05) is 30.8 Å². The summed E-state index contributed by atoms with van der Waals surface area (Å²) in [7, 11) is 0. The van der Waals surface area contributed by atoms with E-state index in [0.29, 0.717) is 18.0 Å². The topological polar surface area (TPSA) is 66.9 Å². The van der Waals surface area contributed by atoms with Crippen LogP contribution >= 0.6 is 11.3 Å². The fourth-order valence-electron chi connectivity index (χ4n) is 2.80. The van der Waals surface area contributed by atoms with Crippen LogP contribution in [0, 0.1) is 0 Å². The lowest BCUT2D eigenvalue weighted by Gasteiger charge is -2.27. The maximum absolute atomic E-state index is 12.7. The second-order valence-corrected chi connectivity index (χ2v) is 7.10. The number of thiophene rings is 1. The van der Waals surface area contributed by atoms with Gasteiger partial charge in [0.2, 0.25) is 11.8 Å². The van der Waals surface area contributed by atoms with Gasteiger partial charge < -0.3 is 14.5 Å². The Morgan fingerprint density at radius 2 is 2.04 bits per heavy atom. The number of hydrogen-bond donors (Lipinski definition) is 0. The molecule has 1 aliphatic rings. The van der Waals surface area contributed by atoms with Crippen LogP contribution in [0.4, 0.5) is 13.2 Å². The molecule has 0 aromatic carbocycles. The summed E-state index contributed by atoms with van der Waals surface area (Å²) < 4.78 is 42.7. The van der Waals surface area contributed by atoms with E-state index >= 15 is 0 Å². The van der Waals surface area contributed by atoms with Gasteiger partial charge in [-0.15, -0.1) is 11.3 Å². The molecule has 10 heteroatoms. The smallest absolute Gasteiger partial charge is 0.406 e. The van der Waals surface area contributed by atoms with Crippen LogP contribution in [0.25, 0.3) is 0 Å². The van der Waals surface area contributed by atoms with E-state index in [1.54, 1.807) is 16.2 Å². The molecule has 0 bridgehead atoms. The lowest BCUT2D eigenvalue weighted by molar-refractivity contribution is -0.167. The summed E-state index contributed by atoms with van der Waals surface area (Å²) in [5.41, 5.74) is 1.06. The lowest BCUT2D eigenvalue weighted by atomic mass is 10.1. The van der Waals surface area contributed by atoms with E-state index in [1.807, 2.05) is 11.4 Å². The van der Waals surface area contributed by atoms with E-state index in [0.717, 1.165) is 12.0 Å². The Balaban J connectivity index is 1.90. The fourth-order valence-corrected chi connectivity index (χ4v) is 3.69. The van der Waals surface area contributed by atoms with Gasteiger partial charge in [-0.05, 0) is 30.4 Å². The molecule has 0 saturated heterocycles. The Bertz CT molecular complexity index is 690. The van der Waals surface area contributed by atoms with Gasteiger partial charge in [0.15, 0.2) is 0 Å². The largest absolute Gasteiger partial charge is 0.465 e. The summed E-state index contributed by atoms with van der Waals surface area (Å²) in [6.45, 7) is 0.147. The molecule has 27 heavy (non-hydrogen) atoms. The van der Waals surface area contributed by atoms with Crippen LogP contribution < -0.4 is 0 Å². The third-order valence-corrected chi connectivity index (χ3v) is 5.08. The van der Waals surface area contributed by atoms with Crippen LogP contribution in [0.2, 0.25) is 0 Å². The SMILES string of the molecule is CCOC(=O)CN(CC(F)(F)F)C(=O)CCC(=O)N1CCc2sccc2C1. The van der Waals surface area contributed by atoms with Gasteiger partial charge in [-0.2, -0.15) is 13.2 Å². The third kappa shape index (κ3) is 6.53. The first-order chi connectivity index (χ1) is 12.7. The molecule has 0 radical (unpaired) electrons. The van der Waals surface area contributed by atoms with Crippen LogP contribution in [0.15, 0.2) is 11.4 Å². The van der Waals surface area contributed by atoms with Gasteiger partial charge in [-0.3, -0.25) is 14.4 Å². The zero-order valence-electron chi connectivity index (χ0n) is 14.9. The zero-order valence-corrected chi connectivity index (χ0v) is 15.7. The zero-order chi connectivity index (χ0) is 20.0. The van der Waals surface area contributed by atoms with Crippen molar-refractivity contribution >= 4 is 29.1 Å². The average Bonchev–Trinajstić information content (AvgIpc) is 3.05. The number of carbonyl (C=O) groups excluding carboxylic acids is 3. The van der Waals surface area contributed by atoms with Crippen molar-refractivity contribution in [3.05, 3.63) is 21.9 Å². The molecule has 2 rings (SSSR count). The van der Waals surface area contributed by atoms with Crippen molar-refractivity contribution in [3.63, 3.8) is 0 Å². The number of nitrogens with zero attached hydrogens (tertiary/aromatic N) is 2. The summed E-state index contributed by atoms with van der Waals surface area (Å²) >= 11 is 1.63. The second kappa shape index (κ2) is 9.20. The number of hydrogen-bond acceptors (Lipinski definition) is 5. The third-order valence-electron chi connectivity index (χ3n) is 4.06. The van der Waals surface area contributed by atoms with Crippen molar-refractivity contribution in [2.24, 2.45) is 0 Å². The quantitative estimate of drug-likeness (QED) is 0.652. The van der Waals surface area contributed by atoms with E-state index in [1.165, 1.54) is 11.8 Å². The molecule has 0 N–H and O–H groups in total. The molecule has 1 aliphatic heterocycles. The molecule has 0 atom stereocenters. The maximum Gasteiger partial charge on any atom is 0.406 e. The Morgan fingerprint density at radius 3 is 2.70 bits per heavy atom. The molecule has 0 aliphatic carbocycles. The van der Waals surface area contributed by atoms with Crippen molar-refractivity contribution in [2.45, 2.75) is 38.9 Å². The van der Waals surface area contributed by atoms with Crippen molar-refractivity contribution in [2.75, 3.05) is 26.2 Å². The van der Waals surface area contributed by atoms with Crippen molar-refractivity contribution in [3.8, 4) is 0 Å². The van der Waals surface area contributed by atoms with Crippen molar-refractivity contribution < 1.29 is 32.3 Å². The van der Waals surface area contributed by atoms with E-state index in [-0.39, 0.29) is 25.4 Å². The molecule has 0 spiro atoms. The monoisotopic (exact) mass is 406 g/mol. The second-order valence-electron chi connectivity index (χ2n) is 6.10. The minimum Gasteiger partial charge on any atom is -0.465 e. The molecule has 1 aromatic rings. The molecule has 0 unspecified atom stereocenters. The predicted molar refractivity (Wildman–Crippen MR) is 91.9 cm³/mol. The molecule has 1 aromatic heterocycles. The Hall–Kier alpha value is -2.10. The van der Waals surface area contributed by atoms with E-state index in [9.17, 15) is 27.6 Å². The molecular weight excluding hydrogens is 385 g/mol. The summed E-state index contributed by atoms with van der Waals surface area (Å²) in [5.74, 6) is -2.10. The minimum atomic E-state index is -4.64. The highest BCUT2D eigenvalue weighted by Crippen LogP contribution is 2.24. The summed E-state index contributed by atoms with van der Waals surface area (Å²) in [6.07, 6.45) is -4.50. The molecule has 2 amide bonds. The summed E-state index contributed by atoms with van der Waals surface area (Å²) in [6, 6.07) is 1.94. The molecular formula is C17H21F3N2O4S. The first-order valence-electron chi connectivity index (χ1n) is 8.52. The number of carbonyl (C=O) groups is 3. The molecule has 2 heterocycles. The predicted octanol–water partition coefficient (Wildman–Crippen LogP) is 2.37. The van der Waals surface area contributed by atoms with Crippen molar-refractivity contribution in [1.82, 2.24) is 9.80 Å². The normalized spacial score (nSPS) is 13.9. The highest BCUT2D eigenvalue weighted by molar-refractivity contribution is 7.10. The number of amides is 2. The maximum atomic E-state index is 12.7. The van der Waals surface area contributed by atoms with Crippen molar-refractivity contribution in [1.29, 1.82) is 0 Å². The number of alkyl halides is 3. The molecule has 0 fully saturated rings. The minimum absolute atomic E-state index is 0.00486. The Kier molecular flexibility index (Phi) is 7.23. The van der Waals surface area contributed by atoms with Gasteiger partial charge in [-0.25, -0.2) is 0 Å². The van der Waals surface area contributed by atoms with Gasteiger partial charge >= 0.3 is 12.1 Å². The Morgan fingerprint density at radius 1 is 1.30 bits per heavy atom. The van der Waals surface area contributed by atoms with E-state index in [4.69, 9.17) is 0 Å². The fraction of sp³-hybridized carbons (Fsp3) is 0.588. The van der Waals surface area contributed by atoms with Crippen LogP contribution in [0.5, 0.6) is 0 Å². The number of fused-ring (bicyclic) bond motifs is 1. The first kappa shape index (κ1) is 21.2. The molecule has 6 nitrogen and oxygen atoms in total. The van der Waals surface area contributed by atoms with Crippen LogP contribution in [0.1, 0.15) is 30.2 Å². The highest BCUT2D eigenvalue weighted by atomic mass is 32.1. The van der Waals surface area contributed by atoms with Gasteiger partial charge in [-0.1, -0.05) is 0 Å². The molecule has 150 valence electrons. The summed E-state index contributed by atoms with van der Waals surface area (Å²) in [4.78, 5) is 39.1. The Labute approximate surface area is 158 Å². The van der Waals surface area contributed by atoms with Gasteiger partial charge in [0.1, 0.15) is 13.1 Å². The average molecular weight is 406 g/mol. The summed E-state index contributed by atoms with van der Waals surface area (Å²) in [5, 5.41) is 1.95. The van der Waals surface area contributed by atoms with Gasteiger partial charge in [0.25, 0.3) is 0 Å². The van der Waals surface area contributed by atoms with Gasteiger partial charge in [0.05, 0.1) is 6.61 Å². The van der Waals surface area contributed by atoms with Crippen LogP contribution in [0.3, 0.4) is 0 Å². The van der Waals surface area contributed by atoms with E-state index in [2.05, 4.69) is 4.74 Å². The number of esters is 1. The number of halogens is 3. The first-order valence-corrected chi connectivity index (χ1v) is 9.40. The highest BCUT2D eigenvalue weighted by Gasteiger charge is 2.34. The van der Waals surface area contributed by atoms with Crippen LogP contribution in [-0.2, 0) is 32.1 Å². The lowest BCUT2D eigenvalue weighted by Crippen LogP contribution is -2.43. The molecule has 0 saturated carbocycles. The number of rotatable bonds is 7. The van der Waals surface area contributed by atoms with E-state index < -0.39 is 31.1 Å². The number of ether oxygens (including phenoxy) is 1.